The molecule has 10 N–H and O–H groups in total. The highest BCUT2D eigenvalue weighted by atomic mass is 32.2. The van der Waals surface area contributed by atoms with Gasteiger partial charge in [-0.1, -0.05) is 18.2 Å². The number of fused-ring (bicyclic) bond motifs is 1. The predicted octanol–water partition coefficient (Wildman–Crippen LogP) is -0.652. The summed E-state index contributed by atoms with van der Waals surface area (Å²) in [5.41, 5.74) is 0.611. The molecule has 0 saturated carbocycles. The van der Waals surface area contributed by atoms with E-state index in [4.69, 9.17) is 4.74 Å². The normalized spacial score (nSPS) is 19.7. The Labute approximate surface area is 347 Å². The number of carbonyl (C=O) groups excluding carboxylic acids is 4. The van der Waals surface area contributed by atoms with Crippen molar-refractivity contribution < 1.29 is 49.1 Å². The molecule has 0 radical (unpaired) electrons. The van der Waals surface area contributed by atoms with E-state index in [1.165, 1.54) is 48.8 Å². The molecule has 21 heteroatoms. The van der Waals surface area contributed by atoms with E-state index in [0.717, 1.165) is 34.2 Å². The van der Waals surface area contributed by atoms with Crippen molar-refractivity contribution in [2.45, 2.75) is 81.7 Å². The number of ether oxygens (including phenoxy) is 1. The molecular formula is C39H48N8O12S. The number of aliphatic carboxylic acids is 1. The third kappa shape index (κ3) is 11.4. The molecular weight excluding hydrogens is 805 g/mol. The molecule has 2 aromatic carbocycles. The topological polar surface area (TPSA) is 294 Å². The number of aromatic amines is 1. The Morgan fingerprint density at radius 2 is 1.72 bits per heavy atom. The lowest BCUT2D eigenvalue weighted by atomic mass is 9.94. The van der Waals surface area contributed by atoms with Gasteiger partial charge in [0, 0.05) is 44.9 Å². The van der Waals surface area contributed by atoms with Gasteiger partial charge in [-0.25, -0.2) is 14.4 Å². The highest BCUT2D eigenvalue weighted by molar-refractivity contribution is 7.98. The second kappa shape index (κ2) is 20.1. The Morgan fingerprint density at radius 3 is 2.42 bits per heavy atom. The van der Waals surface area contributed by atoms with Crippen LogP contribution in [0.2, 0.25) is 0 Å². The summed E-state index contributed by atoms with van der Waals surface area (Å²) in [6.07, 6.45) is 1.53. The standard InChI is InChI=1S/C39H48N8O12S/c1-20(46(2)35(54)28-16-23-15-25(49)8-7-22(23)18-40-28)32(34(53)41-19-26-17-30(50)36(59-26)47-11-9-31(51)44-39(47)58)45-33(52)27(10-12-60-3)42-38(57)43-29(37(55)56)14-21-5-4-6-24(48)13-21/h4-9,11,13,15,19-20,27-30,32,36,40,48-50H,10,12,14,16-18H2,1-3H3,(H,41,53)(H,45,52)(H,55,56)(H2,42,43,57)(H,44,51,58)/b26-19-/t20-,27-,28-,29+,30-,32-,36-/m1/s1. The van der Waals surface area contributed by atoms with Gasteiger partial charge in [0.25, 0.3) is 5.56 Å². The Hall–Kier alpha value is -6.32. The number of benzene rings is 2. The van der Waals surface area contributed by atoms with Crippen molar-refractivity contribution >= 4 is 41.5 Å². The number of phenols is 2. The first-order valence-corrected chi connectivity index (χ1v) is 20.3. The fourth-order valence-corrected chi connectivity index (χ4v) is 7.25. The first-order chi connectivity index (χ1) is 28.5. The molecule has 2 aliphatic rings. The number of aromatic hydroxyl groups is 2. The van der Waals surface area contributed by atoms with Crippen LogP contribution in [-0.4, -0.2) is 120 Å². The average molecular weight is 853 g/mol. The van der Waals surface area contributed by atoms with Crippen LogP contribution >= 0.6 is 11.8 Å². The minimum absolute atomic E-state index is 0.0428. The minimum atomic E-state index is -1.48. The van der Waals surface area contributed by atoms with Crippen LogP contribution in [0.5, 0.6) is 11.5 Å². The van der Waals surface area contributed by atoms with Crippen molar-refractivity contribution in [1.82, 2.24) is 41.0 Å². The maximum Gasteiger partial charge on any atom is 0.331 e. The first kappa shape index (κ1) is 44.8. The van der Waals surface area contributed by atoms with Crippen molar-refractivity contribution in [3.63, 3.8) is 0 Å². The zero-order chi connectivity index (χ0) is 43.7. The number of nitrogens with zero attached hydrogens (tertiary/aromatic N) is 2. The van der Waals surface area contributed by atoms with E-state index in [-0.39, 0.29) is 42.9 Å². The number of urea groups is 1. The van der Waals surface area contributed by atoms with Crippen molar-refractivity contribution in [2.75, 3.05) is 19.1 Å². The van der Waals surface area contributed by atoms with Crippen LogP contribution in [0.4, 0.5) is 4.79 Å². The van der Waals surface area contributed by atoms with Gasteiger partial charge in [-0.3, -0.25) is 28.7 Å². The largest absolute Gasteiger partial charge is 0.508 e. The lowest BCUT2D eigenvalue weighted by Crippen LogP contribution is -2.62. The monoisotopic (exact) mass is 852 g/mol. The molecule has 20 nitrogen and oxygen atoms in total. The van der Waals surface area contributed by atoms with E-state index in [1.807, 2.05) is 0 Å². The smallest absolute Gasteiger partial charge is 0.331 e. The number of rotatable bonds is 16. The van der Waals surface area contributed by atoms with Crippen molar-refractivity contribution in [3.05, 3.63) is 104 Å². The molecule has 7 atom stereocenters. The lowest BCUT2D eigenvalue weighted by Gasteiger charge is -2.36. The van der Waals surface area contributed by atoms with Crippen LogP contribution in [0, 0.1) is 0 Å². The Balaban J connectivity index is 1.35. The fourth-order valence-electron chi connectivity index (χ4n) is 6.78. The summed E-state index contributed by atoms with van der Waals surface area (Å²) in [7, 11) is 1.45. The summed E-state index contributed by atoms with van der Waals surface area (Å²) in [5.74, 6) is -3.09. The zero-order valence-corrected chi connectivity index (χ0v) is 33.7. The second-order valence-electron chi connectivity index (χ2n) is 14.4. The molecule has 1 aromatic heterocycles. The highest BCUT2D eigenvalue weighted by Gasteiger charge is 2.38. The van der Waals surface area contributed by atoms with Crippen LogP contribution in [0.15, 0.2) is 76.3 Å². The summed E-state index contributed by atoms with van der Waals surface area (Å²) in [6, 6.07) is 4.83. The Bertz CT molecular complexity index is 2230. The SMILES string of the molecule is CSCC[C@@H](NC(=O)N[C@@H](Cc1cccc(O)c1)C(=O)O)C(=O)N[C@@H](C(=O)N/C=C1/C[C@@H](O)[C@H](n2ccc(=O)[nH]c2=O)O1)[C@@H](C)N(C)C(=O)[C@H]1Cc2cc(O)ccc2CN1. The molecule has 322 valence electrons. The van der Waals surface area contributed by atoms with E-state index in [2.05, 4.69) is 31.6 Å². The van der Waals surface area contributed by atoms with Crippen LogP contribution in [0.1, 0.15) is 42.7 Å². The van der Waals surface area contributed by atoms with Gasteiger partial charge in [-0.2, -0.15) is 11.8 Å². The van der Waals surface area contributed by atoms with E-state index in [1.54, 1.807) is 30.5 Å². The fraction of sp³-hybridized carbons (Fsp3) is 0.410. The number of amides is 5. The van der Waals surface area contributed by atoms with Crippen LogP contribution in [-0.2, 0) is 43.3 Å². The number of hydrogen-bond donors (Lipinski definition) is 10. The van der Waals surface area contributed by atoms with Crippen LogP contribution in [0.25, 0.3) is 0 Å². The number of aliphatic hydroxyl groups excluding tert-OH is 1. The Morgan fingerprint density at radius 1 is 0.983 bits per heavy atom. The molecule has 5 rings (SSSR count). The van der Waals surface area contributed by atoms with Gasteiger partial charge in [0.15, 0.2) is 0 Å². The van der Waals surface area contributed by atoms with Gasteiger partial charge >= 0.3 is 17.7 Å². The third-order valence-electron chi connectivity index (χ3n) is 10.2. The number of H-pyrrole nitrogens is 1. The molecule has 0 spiro atoms. The molecule has 60 heavy (non-hydrogen) atoms. The molecule has 3 heterocycles. The Kier molecular flexibility index (Phi) is 15.0. The number of likely N-dealkylation sites (N-methyl/N-ethyl adjacent to an activating group) is 1. The number of hydrogen-bond acceptors (Lipinski definition) is 13. The van der Waals surface area contributed by atoms with Crippen molar-refractivity contribution in [2.24, 2.45) is 0 Å². The van der Waals surface area contributed by atoms with Gasteiger partial charge in [-0.05, 0) is 72.7 Å². The molecule has 0 unspecified atom stereocenters. The minimum Gasteiger partial charge on any atom is -0.508 e. The number of carboxylic acids is 1. The van der Waals surface area contributed by atoms with Gasteiger partial charge in [0.2, 0.25) is 23.9 Å². The van der Waals surface area contributed by atoms with Crippen LogP contribution in [0.3, 0.4) is 0 Å². The van der Waals surface area contributed by atoms with E-state index >= 15 is 0 Å². The maximum absolute atomic E-state index is 14.0. The van der Waals surface area contributed by atoms with E-state index in [9.17, 15) is 54.0 Å². The lowest BCUT2D eigenvalue weighted by molar-refractivity contribution is -0.139. The first-order valence-electron chi connectivity index (χ1n) is 18.9. The number of nitrogens with one attached hydrogen (secondary N) is 6. The summed E-state index contributed by atoms with van der Waals surface area (Å²) in [4.78, 5) is 94.5. The summed E-state index contributed by atoms with van der Waals surface area (Å²) >= 11 is 1.37. The summed E-state index contributed by atoms with van der Waals surface area (Å²) in [6.45, 7) is 1.87. The zero-order valence-electron chi connectivity index (χ0n) is 32.9. The predicted molar refractivity (Wildman–Crippen MR) is 217 cm³/mol. The van der Waals surface area contributed by atoms with E-state index < -0.39 is 83.5 Å². The average Bonchev–Trinajstić information content (AvgIpc) is 3.58. The van der Waals surface area contributed by atoms with Gasteiger partial charge in [0.1, 0.15) is 41.5 Å². The second-order valence-corrected chi connectivity index (χ2v) is 15.4. The number of carbonyl (C=O) groups is 5. The molecule has 0 bridgehead atoms. The number of aliphatic hydroxyl groups is 1. The number of thioether (sulfide) groups is 1. The molecule has 1 fully saturated rings. The molecule has 2 aliphatic heterocycles. The van der Waals surface area contributed by atoms with Crippen molar-refractivity contribution in [3.8, 4) is 11.5 Å². The van der Waals surface area contributed by atoms with Gasteiger partial charge < -0.3 is 56.6 Å². The molecule has 3 aromatic rings. The van der Waals surface area contributed by atoms with E-state index in [0.29, 0.717) is 17.9 Å². The number of aromatic nitrogens is 2. The van der Waals surface area contributed by atoms with Crippen LogP contribution < -0.4 is 37.8 Å². The maximum atomic E-state index is 14.0. The molecule has 5 amide bonds. The summed E-state index contributed by atoms with van der Waals surface area (Å²) in [5, 5.41) is 53.6. The quantitative estimate of drug-likeness (QED) is 0.0857. The van der Waals surface area contributed by atoms with Gasteiger partial charge in [-0.15, -0.1) is 0 Å². The van der Waals surface area contributed by atoms with Crippen molar-refractivity contribution in [1.29, 1.82) is 0 Å². The number of carboxylic acid groups (broad SMARTS) is 1. The molecule has 0 aliphatic carbocycles. The van der Waals surface area contributed by atoms with Gasteiger partial charge in [0.05, 0.1) is 12.1 Å². The number of phenolic OH excluding ortho intramolecular Hbond substituents is 2. The third-order valence-corrected chi connectivity index (χ3v) is 10.8. The summed E-state index contributed by atoms with van der Waals surface area (Å²) < 4.78 is 6.70. The highest BCUT2D eigenvalue weighted by Crippen LogP contribution is 2.30. The molecule has 1 saturated heterocycles.